The number of nitrogens with two attached hydrogens (primary N) is 1. The van der Waals surface area contributed by atoms with Gasteiger partial charge in [-0.05, 0) is 42.3 Å². The molecule has 3 N–H and O–H groups in total. The Kier molecular flexibility index (Phi) is 6.50. The molecule has 2 aromatic heterocycles. The zero-order valence-corrected chi connectivity index (χ0v) is 18.6. The van der Waals surface area contributed by atoms with Crippen LogP contribution in [0.1, 0.15) is 16.1 Å². The molecule has 0 amide bonds. The molecule has 2 aromatic carbocycles. The summed E-state index contributed by atoms with van der Waals surface area (Å²) in [4.78, 5) is 25.3. The Morgan fingerprint density at radius 3 is 2.61 bits per heavy atom. The molecule has 168 valence electrons. The highest BCUT2D eigenvalue weighted by Gasteiger charge is 2.23. The highest BCUT2D eigenvalue weighted by atomic mass is 35.5. The third-order valence-electron chi connectivity index (χ3n) is 4.83. The molecule has 0 bridgehead atoms. The zero-order chi connectivity index (χ0) is 23.5. The standard InChI is InChI=1S/C23H18Cl2N4O4/c24-17-8-6-15(11-18(17)25)20-9-7-16(33-20)12-27-28-13-21(30)29(23(28)32)22(31)19(26)10-14-4-2-1-3-5-14/h1-9,11-13,19,30H,10,26H2. The van der Waals surface area contributed by atoms with Crippen LogP contribution in [0.4, 0.5) is 0 Å². The lowest BCUT2D eigenvalue weighted by molar-refractivity contribution is 0.0864. The number of nitrogens with zero attached hydrogens (tertiary/aromatic N) is 3. The van der Waals surface area contributed by atoms with Crippen molar-refractivity contribution in [2.45, 2.75) is 12.5 Å². The molecule has 0 aliphatic carbocycles. The normalized spacial score (nSPS) is 12.3. The lowest BCUT2D eigenvalue weighted by Crippen LogP contribution is -2.41. The third kappa shape index (κ3) is 4.93. The maximum absolute atomic E-state index is 12.7. The molecule has 8 nitrogen and oxygen atoms in total. The van der Waals surface area contributed by atoms with Gasteiger partial charge in [0.2, 0.25) is 5.88 Å². The molecular weight excluding hydrogens is 467 g/mol. The molecule has 0 aliphatic rings. The Labute approximate surface area is 198 Å². The molecule has 0 saturated heterocycles. The number of carbonyl (C=O) groups is 1. The first kappa shape index (κ1) is 22.6. The largest absolute Gasteiger partial charge is 0.493 e. The van der Waals surface area contributed by atoms with Gasteiger partial charge in [-0.3, -0.25) is 4.79 Å². The van der Waals surface area contributed by atoms with E-state index in [9.17, 15) is 14.7 Å². The van der Waals surface area contributed by atoms with E-state index >= 15 is 0 Å². The van der Waals surface area contributed by atoms with Gasteiger partial charge in [-0.2, -0.15) is 14.3 Å². The molecule has 0 aliphatic heterocycles. The summed E-state index contributed by atoms with van der Waals surface area (Å²) in [5.74, 6) is -0.455. The van der Waals surface area contributed by atoms with Crippen molar-refractivity contribution in [2.24, 2.45) is 10.8 Å². The van der Waals surface area contributed by atoms with E-state index in [0.717, 1.165) is 16.4 Å². The van der Waals surface area contributed by atoms with Gasteiger partial charge >= 0.3 is 5.69 Å². The maximum atomic E-state index is 12.7. The first-order valence-corrected chi connectivity index (χ1v) is 10.6. The van der Waals surface area contributed by atoms with E-state index in [4.69, 9.17) is 33.4 Å². The van der Waals surface area contributed by atoms with Gasteiger partial charge in [0.1, 0.15) is 11.5 Å². The Morgan fingerprint density at radius 1 is 1.12 bits per heavy atom. The average molecular weight is 485 g/mol. The summed E-state index contributed by atoms with van der Waals surface area (Å²) in [6.45, 7) is 0. The van der Waals surface area contributed by atoms with Crippen LogP contribution in [-0.2, 0) is 6.42 Å². The average Bonchev–Trinajstić information content (AvgIpc) is 3.38. The number of halogens is 2. The van der Waals surface area contributed by atoms with Gasteiger partial charge < -0.3 is 15.3 Å². The predicted molar refractivity (Wildman–Crippen MR) is 126 cm³/mol. The van der Waals surface area contributed by atoms with Crippen LogP contribution in [-0.4, -0.2) is 32.5 Å². The summed E-state index contributed by atoms with van der Waals surface area (Å²) in [6.07, 6.45) is 2.51. The van der Waals surface area contributed by atoms with Crippen LogP contribution in [0, 0.1) is 0 Å². The Hall–Kier alpha value is -3.59. The van der Waals surface area contributed by atoms with Crippen molar-refractivity contribution in [1.82, 2.24) is 9.24 Å². The minimum atomic E-state index is -1.02. The fourth-order valence-electron chi connectivity index (χ4n) is 3.18. The molecule has 33 heavy (non-hydrogen) atoms. The second kappa shape index (κ2) is 9.50. The second-order valence-corrected chi connectivity index (χ2v) is 7.97. The predicted octanol–water partition coefficient (Wildman–Crippen LogP) is 4.01. The van der Waals surface area contributed by atoms with Gasteiger partial charge in [0.05, 0.1) is 28.5 Å². The quantitative estimate of drug-likeness (QED) is 0.401. The van der Waals surface area contributed by atoms with E-state index in [0.29, 0.717) is 31.7 Å². The van der Waals surface area contributed by atoms with Crippen molar-refractivity contribution in [3.05, 3.63) is 98.7 Å². The van der Waals surface area contributed by atoms with Gasteiger partial charge in [-0.1, -0.05) is 53.5 Å². The first-order valence-electron chi connectivity index (χ1n) is 9.80. The van der Waals surface area contributed by atoms with Crippen LogP contribution in [0.5, 0.6) is 5.88 Å². The van der Waals surface area contributed by atoms with Crippen molar-refractivity contribution in [2.75, 3.05) is 0 Å². The summed E-state index contributed by atoms with van der Waals surface area (Å²) in [5.41, 5.74) is 6.66. The van der Waals surface area contributed by atoms with Gasteiger partial charge in [0.25, 0.3) is 5.91 Å². The van der Waals surface area contributed by atoms with Crippen molar-refractivity contribution >= 4 is 35.3 Å². The summed E-state index contributed by atoms with van der Waals surface area (Å²) < 4.78 is 7.11. The van der Waals surface area contributed by atoms with Crippen LogP contribution in [0.3, 0.4) is 0 Å². The first-order chi connectivity index (χ1) is 15.8. The van der Waals surface area contributed by atoms with E-state index in [1.54, 1.807) is 30.3 Å². The number of carbonyl (C=O) groups excluding carboxylic acids is 1. The number of hydrogen-bond donors (Lipinski definition) is 2. The molecule has 10 heteroatoms. The summed E-state index contributed by atoms with van der Waals surface area (Å²) >= 11 is 12.0. The zero-order valence-electron chi connectivity index (χ0n) is 17.1. The maximum Gasteiger partial charge on any atom is 0.358 e. The van der Waals surface area contributed by atoms with Gasteiger partial charge in [-0.25, -0.2) is 4.79 Å². The molecule has 1 unspecified atom stereocenters. The van der Waals surface area contributed by atoms with E-state index in [-0.39, 0.29) is 6.42 Å². The SMILES string of the molecule is NC(Cc1ccccc1)C(=O)n1c(O)cn(N=Cc2ccc(-c3ccc(Cl)c(Cl)c3)o2)c1=O. The number of aromatic hydroxyl groups is 1. The van der Waals surface area contributed by atoms with Crippen molar-refractivity contribution < 1.29 is 14.3 Å². The van der Waals surface area contributed by atoms with Crippen LogP contribution in [0.2, 0.25) is 10.0 Å². The number of furan rings is 1. The Bertz CT molecular complexity index is 1390. The topological polar surface area (TPSA) is 116 Å². The fourth-order valence-corrected chi connectivity index (χ4v) is 3.48. The number of benzene rings is 2. The number of rotatable bonds is 6. The van der Waals surface area contributed by atoms with E-state index in [1.807, 2.05) is 30.3 Å². The fraction of sp³-hybridized carbons (Fsp3) is 0.0870. The molecular formula is C23H18Cl2N4O4. The van der Waals surface area contributed by atoms with Crippen molar-refractivity contribution in [3.63, 3.8) is 0 Å². The Balaban J connectivity index is 1.52. The highest BCUT2D eigenvalue weighted by Crippen LogP contribution is 2.29. The van der Waals surface area contributed by atoms with Crippen LogP contribution in [0.25, 0.3) is 11.3 Å². The molecule has 1 atom stereocenters. The van der Waals surface area contributed by atoms with E-state index in [1.165, 1.54) is 6.21 Å². The summed E-state index contributed by atoms with van der Waals surface area (Å²) in [6, 6.07) is 16.5. The number of imidazole rings is 1. The monoisotopic (exact) mass is 484 g/mol. The summed E-state index contributed by atoms with van der Waals surface area (Å²) in [5, 5.41) is 14.9. The van der Waals surface area contributed by atoms with E-state index < -0.39 is 23.5 Å². The van der Waals surface area contributed by atoms with Crippen LogP contribution < -0.4 is 11.4 Å². The van der Waals surface area contributed by atoms with Gasteiger partial charge in [-0.15, -0.1) is 0 Å². The van der Waals surface area contributed by atoms with Crippen molar-refractivity contribution in [3.8, 4) is 17.2 Å². The van der Waals surface area contributed by atoms with Gasteiger partial charge in [0.15, 0.2) is 0 Å². The smallest absolute Gasteiger partial charge is 0.358 e. The second-order valence-electron chi connectivity index (χ2n) is 7.16. The molecule has 0 fully saturated rings. The van der Waals surface area contributed by atoms with E-state index in [2.05, 4.69) is 5.10 Å². The van der Waals surface area contributed by atoms with Gasteiger partial charge in [0, 0.05) is 5.56 Å². The molecule has 4 aromatic rings. The van der Waals surface area contributed by atoms with Crippen LogP contribution in [0.15, 0.2) is 81.2 Å². The number of hydrogen-bond acceptors (Lipinski definition) is 6. The van der Waals surface area contributed by atoms with Crippen molar-refractivity contribution in [1.29, 1.82) is 0 Å². The highest BCUT2D eigenvalue weighted by molar-refractivity contribution is 6.42. The molecule has 4 rings (SSSR count). The minimum absolute atomic E-state index is 0.212. The minimum Gasteiger partial charge on any atom is -0.493 e. The number of aromatic nitrogens is 2. The molecule has 0 radical (unpaired) electrons. The summed E-state index contributed by atoms with van der Waals surface area (Å²) in [7, 11) is 0. The lowest BCUT2D eigenvalue weighted by atomic mass is 10.1. The van der Waals surface area contributed by atoms with Crippen LogP contribution >= 0.6 is 23.2 Å². The lowest BCUT2D eigenvalue weighted by Gasteiger charge is -2.10. The third-order valence-corrected chi connectivity index (χ3v) is 5.57. The molecule has 2 heterocycles. The molecule has 0 spiro atoms. The Morgan fingerprint density at radius 2 is 1.88 bits per heavy atom. The molecule has 0 saturated carbocycles.